The molecule has 2 fully saturated rings. The van der Waals surface area contributed by atoms with Crippen molar-refractivity contribution < 1.29 is 4.79 Å². The molecule has 2 heterocycles. The van der Waals surface area contributed by atoms with Crippen molar-refractivity contribution in [3.8, 4) is 0 Å². The molecule has 16 heavy (non-hydrogen) atoms. The molecule has 0 radical (unpaired) electrons. The summed E-state index contributed by atoms with van der Waals surface area (Å²) in [5.41, 5.74) is 5.68. The summed E-state index contributed by atoms with van der Waals surface area (Å²) in [7, 11) is 0. The average molecular weight is 265 g/mol. The predicted octanol–water partition coefficient (Wildman–Crippen LogP) is 1.50. The molecule has 0 bridgehead atoms. The second-order valence-corrected chi connectivity index (χ2v) is 5.84. The molecule has 2 saturated heterocycles. The normalized spacial score (nSPS) is 29.9. The maximum Gasteiger partial charge on any atom is 0.235 e. The van der Waals surface area contributed by atoms with E-state index in [1.807, 2.05) is 16.7 Å². The molecule has 1 amide bonds. The quantitative estimate of drug-likeness (QED) is 0.822. The lowest BCUT2D eigenvalue weighted by atomic mass is 9.98. The molecule has 2 aliphatic heterocycles. The lowest BCUT2D eigenvalue weighted by Gasteiger charge is -2.33. The van der Waals surface area contributed by atoms with Crippen LogP contribution in [-0.4, -0.2) is 41.4 Å². The molecule has 0 aromatic carbocycles. The van der Waals surface area contributed by atoms with Crippen LogP contribution < -0.4 is 5.73 Å². The molecule has 0 aromatic heterocycles. The zero-order valence-electron chi connectivity index (χ0n) is 9.56. The van der Waals surface area contributed by atoms with E-state index in [4.69, 9.17) is 5.73 Å². The first-order chi connectivity index (χ1) is 7.31. The highest BCUT2D eigenvalue weighted by molar-refractivity contribution is 8.00. The molecule has 2 atom stereocenters. The largest absolute Gasteiger partial charge is 0.341 e. The number of hydrogen-bond donors (Lipinski definition) is 1. The van der Waals surface area contributed by atoms with Crippen LogP contribution in [0, 0.1) is 5.92 Å². The van der Waals surface area contributed by atoms with Gasteiger partial charge in [-0.05, 0) is 43.9 Å². The molecule has 2 unspecified atom stereocenters. The first-order valence-corrected chi connectivity index (χ1v) is 6.96. The highest BCUT2D eigenvalue weighted by atomic mass is 35.5. The van der Waals surface area contributed by atoms with Crippen molar-refractivity contribution in [1.82, 2.24) is 4.90 Å². The zero-order valence-corrected chi connectivity index (χ0v) is 11.2. The minimum atomic E-state index is 0. The molecule has 5 heteroatoms. The number of halogens is 1. The highest BCUT2D eigenvalue weighted by Crippen LogP contribution is 2.29. The van der Waals surface area contributed by atoms with E-state index in [0.29, 0.717) is 11.8 Å². The minimum absolute atomic E-state index is 0. The molecule has 94 valence electrons. The number of piperidine rings is 1. The lowest BCUT2D eigenvalue weighted by Crippen LogP contribution is -2.45. The van der Waals surface area contributed by atoms with Gasteiger partial charge in [0.25, 0.3) is 0 Å². The van der Waals surface area contributed by atoms with Crippen LogP contribution in [0.4, 0.5) is 0 Å². The van der Waals surface area contributed by atoms with E-state index in [2.05, 4.69) is 0 Å². The number of thioether (sulfide) groups is 1. The van der Waals surface area contributed by atoms with Crippen molar-refractivity contribution in [1.29, 1.82) is 0 Å². The number of hydrogen-bond acceptors (Lipinski definition) is 3. The molecule has 0 aromatic rings. The summed E-state index contributed by atoms with van der Waals surface area (Å²) >= 11 is 1.83. The van der Waals surface area contributed by atoms with E-state index in [1.165, 1.54) is 12.8 Å². The molecule has 0 spiro atoms. The van der Waals surface area contributed by atoms with Gasteiger partial charge in [-0.1, -0.05) is 0 Å². The molecule has 2 rings (SSSR count). The van der Waals surface area contributed by atoms with E-state index in [0.717, 1.165) is 38.2 Å². The maximum absolute atomic E-state index is 12.1. The van der Waals surface area contributed by atoms with Gasteiger partial charge in [0.05, 0.1) is 5.25 Å². The SMILES string of the molecule is Cl.NCC1CCCN(C(=O)C2CCCS2)C1. The number of likely N-dealkylation sites (tertiary alicyclic amines) is 1. The summed E-state index contributed by atoms with van der Waals surface area (Å²) in [6.07, 6.45) is 4.60. The first kappa shape index (κ1) is 14.1. The van der Waals surface area contributed by atoms with Gasteiger partial charge >= 0.3 is 0 Å². The molecular weight excluding hydrogens is 244 g/mol. The topological polar surface area (TPSA) is 46.3 Å². The second kappa shape index (κ2) is 6.72. The Bertz CT molecular complexity index is 234. The van der Waals surface area contributed by atoms with Crippen LogP contribution in [0.2, 0.25) is 0 Å². The first-order valence-electron chi connectivity index (χ1n) is 5.91. The third kappa shape index (κ3) is 3.28. The van der Waals surface area contributed by atoms with E-state index in [-0.39, 0.29) is 17.7 Å². The number of rotatable bonds is 2. The summed E-state index contributed by atoms with van der Waals surface area (Å²) < 4.78 is 0. The molecule has 0 aliphatic carbocycles. The Hall–Kier alpha value is 0.0700. The molecule has 0 saturated carbocycles. The molecule has 3 nitrogen and oxygen atoms in total. The van der Waals surface area contributed by atoms with Crippen LogP contribution in [0.1, 0.15) is 25.7 Å². The predicted molar refractivity (Wildman–Crippen MR) is 71.1 cm³/mol. The van der Waals surface area contributed by atoms with Crippen LogP contribution in [-0.2, 0) is 4.79 Å². The van der Waals surface area contributed by atoms with Crippen LogP contribution in [0.3, 0.4) is 0 Å². The van der Waals surface area contributed by atoms with Crippen LogP contribution in [0.5, 0.6) is 0 Å². The van der Waals surface area contributed by atoms with E-state index < -0.39 is 0 Å². The average Bonchev–Trinajstić information content (AvgIpc) is 2.81. The lowest BCUT2D eigenvalue weighted by molar-refractivity contribution is -0.132. The Labute approximate surface area is 108 Å². The Kier molecular flexibility index (Phi) is 5.94. The summed E-state index contributed by atoms with van der Waals surface area (Å²) in [6.45, 7) is 2.57. The molecular formula is C11H21ClN2OS. The fourth-order valence-corrected chi connectivity index (χ4v) is 3.68. The Morgan fingerprint density at radius 1 is 1.38 bits per heavy atom. The van der Waals surface area contributed by atoms with E-state index in [1.54, 1.807) is 0 Å². The standard InChI is InChI=1S/C11H20N2OS.ClH/c12-7-9-3-1-5-13(8-9)11(14)10-4-2-6-15-10;/h9-10H,1-8,12H2;1H. The Morgan fingerprint density at radius 2 is 2.19 bits per heavy atom. The van der Waals surface area contributed by atoms with Gasteiger partial charge in [-0.3, -0.25) is 4.79 Å². The van der Waals surface area contributed by atoms with Crippen LogP contribution >= 0.6 is 24.2 Å². The van der Waals surface area contributed by atoms with E-state index in [9.17, 15) is 4.79 Å². The van der Waals surface area contributed by atoms with Gasteiger partial charge in [-0.2, -0.15) is 0 Å². The van der Waals surface area contributed by atoms with Crippen molar-refractivity contribution in [3.05, 3.63) is 0 Å². The number of carbonyl (C=O) groups excluding carboxylic acids is 1. The fourth-order valence-electron chi connectivity index (χ4n) is 2.43. The van der Waals surface area contributed by atoms with Gasteiger partial charge in [0, 0.05) is 13.1 Å². The zero-order chi connectivity index (χ0) is 10.7. The van der Waals surface area contributed by atoms with Crippen molar-refractivity contribution in [2.75, 3.05) is 25.4 Å². The number of nitrogens with two attached hydrogens (primary N) is 1. The smallest absolute Gasteiger partial charge is 0.235 e. The second-order valence-electron chi connectivity index (χ2n) is 4.53. The number of amides is 1. The Morgan fingerprint density at radius 3 is 2.81 bits per heavy atom. The van der Waals surface area contributed by atoms with Crippen LogP contribution in [0.25, 0.3) is 0 Å². The minimum Gasteiger partial charge on any atom is -0.341 e. The van der Waals surface area contributed by atoms with E-state index >= 15 is 0 Å². The van der Waals surface area contributed by atoms with Gasteiger partial charge < -0.3 is 10.6 Å². The maximum atomic E-state index is 12.1. The number of carbonyl (C=O) groups is 1. The van der Waals surface area contributed by atoms with Crippen LogP contribution in [0.15, 0.2) is 0 Å². The molecule has 2 aliphatic rings. The van der Waals surface area contributed by atoms with Gasteiger partial charge in [0.15, 0.2) is 0 Å². The third-order valence-corrected chi connectivity index (χ3v) is 4.73. The summed E-state index contributed by atoms with van der Waals surface area (Å²) in [5, 5.41) is 0.251. The Balaban J connectivity index is 0.00000128. The summed E-state index contributed by atoms with van der Waals surface area (Å²) in [4.78, 5) is 14.2. The van der Waals surface area contributed by atoms with Crippen molar-refractivity contribution >= 4 is 30.1 Å². The monoisotopic (exact) mass is 264 g/mol. The third-order valence-electron chi connectivity index (χ3n) is 3.37. The van der Waals surface area contributed by atoms with Gasteiger partial charge in [0.2, 0.25) is 5.91 Å². The number of nitrogens with zero attached hydrogens (tertiary/aromatic N) is 1. The van der Waals surface area contributed by atoms with Crippen molar-refractivity contribution in [2.45, 2.75) is 30.9 Å². The van der Waals surface area contributed by atoms with Crippen molar-refractivity contribution in [3.63, 3.8) is 0 Å². The highest BCUT2D eigenvalue weighted by Gasteiger charge is 2.30. The molecule has 2 N–H and O–H groups in total. The fraction of sp³-hybridized carbons (Fsp3) is 0.909. The van der Waals surface area contributed by atoms with Crippen molar-refractivity contribution in [2.24, 2.45) is 11.7 Å². The van der Waals surface area contributed by atoms with Gasteiger partial charge in [0.1, 0.15) is 0 Å². The summed E-state index contributed by atoms with van der Waals surface area (Å²) in [5.74, 6) is 2.06. The summed E-state index contributed by atoms with van der Waals surface area (Å²) in [6, 6.07) is 0. The van der Waals surface area contributed by atoms with Gasteiger partial charge in [-0.25, -0.2) is 0 Å². The van der Waals surface area contributed by atoms with Gasteiger partial charge in [-0.15, -0.1) is 24.2 Å².